The van der Waals surface area contributed by atoms with Gasteiger partial charge in [-0.2, -0.15) is 5.26 Å². The predicted octanol–water partition coefficient (Wildman–Crippen LogP) is 2.46. The van der Waals surface area contributed by atoms with Gasteiger partial charge in [-0.05, 0) is 62.4 Å². The largest absolute Gasteiger partial charge is 0.423 e. The third-order valence-electron chi connectivity index (χ3n) is 2.99. The van der Waals surface area contributed by atoms with Crippen molar-refractivity contribution >= 4 is 16.0 Å². The van der Waals surface area contributed by atoms with Crippen molar-refractivity contribution < 1.29 is 17.9 Å². The number of nitrogens with zero attached hydrogens (tertiary/aromatic N) is 1. The average molecular weight is 344 g/mol. The number of sulfonamides is 1. The van der Waals surface area contributed by atoms with Gasteiger partial charge in [0.1, 0.15) is 5.75 Å². The molecule has 0 amide bonds. The van der Waals surface area contributed by atoms with Gasteiger partial charge in [-0.25, -0.2) is 17.9 Å². The maximum Gasteiger partial charge on any atom is 0.343 e. The molecule has 0 aliphatic rings. The Balaban J connectivity index is 2.12. The molecule has 6 nitrogen and oxygen atoms in total. The number of carbonyl (C=O) groups excluding carboxylic acids is 1. The molecule has 124 valence electrons. The van der Waals surface area contributed by atoms with Crippen LogP contribution in [-0.2, 0) is 10.0 Å². The van der Waals surface area contributed by atoms with E-state index in [4.69, 9.17) is 10.00 Å². The van der Waals surface area contributed by atoms with E-state index in [-0.39, 0.29) is 16.5 Å². The quantitative estimate of drug-likeness (QED) is 0.664. The van der Waals surface area contributed by atoms with Crippen LogP contribution in [0.25, 0.3) is 0 Å². The molecule has 0 bridgehead atoms. The van der Waals surface area contributed by atoms with Crippen molar-refractivity contribution in [1.82, 2.24) is 4.72 Å². The van der Waals surface area contributed by atoms with E-state index < -0.39 is 16.0 Å². The number of esters is 1. The summed E-state index contributed by atoms with van der Waals surface area (Å²) in [5.41, 5.74) is 0.685. The van der Waals surface area contributed by atoms with Crippen LogP contribution in [0.15, 0.2) is 53.4 Å². The zero-order valence-corrected chi connectivity index (χ0v) is 14.0. The number of hydrogen-bond acceptors (Lipinski definition) is 5. The molecule has 0 aromatic heterocycles. The summed E-state index contributed by atoms with van der Waals surface area (Å²) < 4.78 is 31.7. The van der Waals surface area contributed by atoms with E-state index >= 15 is 0 Å². The normalized spacial score (nSPS) is 11.1. The highest BCUT2D eigenvalue weighted by molar-refractivity contribution is 7.89. The minimum absolute atomic E-state index is 0.0751. The van der Waals surface area contributed by atoms with Crippen LogP contribution in [0.1, 0.15) is 29.8 Å². The third-order valence-corrected chi connectivity index (χ3v) is 4.66. The fraction of sp³-hybridized carbons (Fsp3) is 0.176. The Hall–Kier alpha value is -2.69. The standard InChI is InChI=1S/C17H16N2O4S/c1-12(2)19-24(21,22)16-9-5-14(6-10-16)17(20)23-15-7-3-13(11-18)4-8-15/h3-10,12,19H,1-2H3. The molecule has 7 heteroatoms. The molecule has 0 atom stereocenters. The first-order chi connectivity index (χ1) is 11.3. The van der Waals surface area contributed by atoms with E-state index in [1.807, 2.05) is 6.07 Å². The van der Waals surface area contributed by atoms with Gasteiger partial charge >= 0.3 is 5.97 Å². The molecule has 2 aromatic carbocycles. The van der Waals surface area contributed by atoms with Crippen molar-refractivity contribution in [2.24, 2.45) is 0 Å². The maximum atomic E-state index is 12.1. The Bertz CT molecular complexity index is 864. The van der Waals surface area contributed by atoms with Gasteiger partial charge in [0.2, 0.25) is 10.0 Å². The van der Waals surface area contributed by atoms with Crippen molar-refractivity contribution in [1.29, 1.82) is 5.26 Å². The van der Waals surface area contributed by atoms with Gasteiger partial charge in [0, 0.05) is 6.04 Å². The Kier molecular flexibility index (Phi) is 5.34. The molecule has 2 rings (SSSR count). The number of rotatable bonds is 5. The molecule has 0 radical (unpaired) electrons. The van der Waals surface area contributed by atoms with Gasteiger partial charge in [0.05, 0.1) is 22.1 Å². The van der Waals surface area contributed by atoms with Crippen LogP contribution in [0.3, 0.4) is 0 Å². The second-order valence-electron chi connectivity index (χ2n) is 5.33. The number of nitrogens with one attached hydrogen (secondary N) is 1. The molecular weight excluding hydrogens is 328 g/mol. The smallest absolute Gasteiger partial charge is 0.343 e. The Labute approximate surface area is 140 Å². The van der Waals surface area contributed by atoms with E-state index in [2.05, 4.69) is 4.72 Å². The maximum absolute atomic E-state index is 12.1. The van der Waals surface area contributed by atoms with E-state index in [1.165, 1.54) is 48.5 Å². The Morgan fingerprint density at radius 3 is 2.17 bits per heavy atom. The van der Waals surface area contributed by atoms with E-state index in [9.17, 15) is 13.2 Å². The second-order valence-corrected chi connectivity index (χ2v) is 7.04. The molecule has 24 heavy (non-hydrogen) atoms. The van der Waals surface area contributed by atoms with Crippen LogP contribution < -0.4 is 9.46 Å². The number of nitriles is 1. The van der Waals surface area contributed by atoms with Crippen molar-refractivity contribution in [2.45, 2.75) is 24.8 Å². The van der Waals surface area contributed by atoms with Gasteiger partial charge in [0.15, 0.2) is 0 Å². The lowest BCUT2D eigenvalue weighted by Crippen LogP contribution is -2.30. The van der Waals surface area contributed by atoms with Crippen LogP contribution in [0.2, 0.25) is 0 Å². The summed E-state index contributed by atoms with van der Waals surface area (Å²) in [6.45, 7) is 3.45. The summed E-state index contributed by atoms with van der Waals surface area (Å²) in [7, 11) is -3.60. The van der Waals surface area contributed by atoms with Crippen molar-refractivity contribution in [3.05, 3.63) is 59.7 Å². The fourth-order valence-corrected chi connectivity index (χ4v) is 3.16. The Morgan fingerprint density at radius 2 is 1.67 bits per heavy atom. The third kappa shape index (κ3) is 4.41. The molecule has 0 saturated carbocycles. The zero-order chi connectivity index (χ0) is 17.7. The first-order valence-corrected chi connectivity index (χ1v) is 8.65. The fourth-order valence-electron chi connectivity index (χ4n) is 1.91. The summed E-state index contributed by atoms with van der Waals surface area (Å²) in [5.74, 6) is -0.308. The van der Waals surface area contributed by atoms with Crippen LogP contribution in [0.4, 0.5) is 0 Å². The Morgan fingerprint density at radius 1 is 1.08 bits per heavy atom. The van der Waals surface area contributed by atoms with E-state index in [1.54, 1.807) is 13.8 Å². The molecule has 0 aliphatic carbocycles. The summed E-state index contributed by atoms with van der Waals surface area (Å²) >= 11 is 0. The van der Waals surface area contributed by atoms with Crippen LogP contribution >= 0.6 is 0 Å². The number of ether oxygens (including phenoxy) is 1. The SMILES string of the molecule is CC(C)NS(=O)(=O)c1ccc(C(=O)Oc2ccc(C#N)cc2)cc1. The second kappa shape index (κ2) is 7.25. The van der Waals surface area contributed by atoms with Gasteiger partial charge < -0.3 is 4.74 Å². The summed E-state index contributed by atoms with van der Waals surface area (Å²) in [5, 5.41) is 8.72. The monoisotopic (exact) mass is 344 g/mol. The summed E-state index contributed by atoms with van der Waals surface area (Å²) in [4.78, 5) is 12.1. The van der Waals surface area contributed by atoms with Crippen molar-refractivity contribution in [3.63, 3.8) is 0 Å². The van der Waals surface area contributed by atoms with Crippen LogP contribution in [0, 0.1) is 11.3 Å². The molecule has 0 spiro atoms. The summed E-state index contributed by atoms with van der Waals surface area (Å²) in [6.07, 6.45) is 0. The molecule has 0 heterocycles. The van der Waals surface area contributed by atoms with Gasteiger partial charge in [0.25, 0.3) is 0 Å². The summed E-state index contributed by atoms with van der Waals surface area (Å²) in [6, 6.07) is 13.3. The van der Waals surface area contributed by atoms with Crippen LogP contribution in [0.5, 0.6) is 5.75 Å². The highest BCUT2D eigenvalue weighted by atomic mass is 32.2. The average Bonchev–Trinajstić information content (AvgIpc) is 2.54. The van der Waals surface area contributed by atoms with E-state index in [0.29, 0.717) is 11.3 Å². The van der Waals surface area contributed by atoms with Crippen molar-refractivity contribution in [2.75, 3.05) is 0 Å². The minimum atomic E-state index is -3.60. The minimum Gasteiger partial charge on any atom is -0.423 e. The molecule has 2 aromatic rings. The highest BCUT2D eigenvalue weighted by Gasteiger charge is 2.16. The molecular formula is C17H16N2O4S. The molecule has 0 aliphatic heterocycles. The number of benzene rings is 2. The van der Waals surface area contributed by atoms with Gasteiger partial charge in [-0.15, -0.1) is 0 Å². The number of hydrogen-bond donors (Lipinski definition) is 1. The highest BCUT2D eigenvalue weighted by Crippen LogP contribution is 2.16. The van der Waals surface area contributed by atoms with Gasteiger partial charge in [-0.3, -0.25) is 0 Å². The number of carbonyl (C=O) groups is 1. The van der Waals surface area contributed by atoms with Crippen LogP contribution in [-0.4, -0.2) is 20.4 Å². The first-order valence-electron chi connectivity index (χ1n) is 7.16. The molecule has 0 saturated heterocycles. The lowest BCUT2D eigenvalue weighted by molar-refractivity contribution is 0.0734. The lowest BCUT2D eigenvalue weighted by Gasteiger charge is -2.10. The zero-order valence-electron chi connectivity index (χ0n) is 13.2. The van der Waals surface area contributed by atoms with Crippen molar-refractivity contribution in [3.8, 4) is 11.8 Å². The first kappa shape index (κ1) is 17.7. The predicted molar refractivity (Wildman–Crippen MR) is 88.0 cm³/mol. The van der Waals surface area contributed by atoms with Gasteiger partial charge in [-0.1, -0.05) is 0 Å². The molecule has 0 unspecified atom stereocenters. The van der Waals surface area contributed by atoms with E-state index in [0.717, 1.165) is 0 Å². The molecule has 0 fully saturated rings. The topological polar surface area (TPSA) is 96.3 Å². The molecule has 1 N–H and O–H groups in total. The lowest BCUT2D eigenvalue weighted by atomic mass is 10.2.